The summed E-state index contributed by atoms with van der Waals surface area (Å²) in [5, 5.41) is 1.14. The molecule has 0 aliphatic carbocycles. The van der Waals surface area contributed by atoms with Crippen molar-refractivity contribution < 1.29 is 12.3 Å². The zero-order valence-electron chi connectivity index (χ0n) is 9.92. The Balaban J connectivity index is 2.41. The number of halogens is 2. The Bertz CT molecular complexity index is 443. The minimum atomic E-state index is -2.30. The second-order valence-corrected chi connectivity index (χ2v) is 14.7. The molecule has 1 saturated heterocycles. The molecule has 1 aliphatic heterocycles. The standard InChI is InChI=1S/C9H14Br2O3Si3/c1-16(2)12-15-13-17(3,14-16)8-6-4-5-7(10)9(8)11/h4-6H,15H2,1-3H3. The molecule has 1 aromatic rings. The predicted octanol–water partition coefficient (Wildman–Crippen LogP) is 2.25. The van der Waals surface area contributed by atoms with E-state index in [4.69, 9.17) is 12.3 Å². The summed E-state index contributed by atoms with van der Waals surface area (Å²) in [6, 6.07) is 6.09. The maximum Gasteiger partial charge on any atom is 0.352 e. The van der Waals surface area contributed by atoms with Crippen LogP contribution in [0.4, 0.5) is 0 Å². The average Bonchev–Trinajstić information content (AvgIpc) is 2.20. The van der Waals surface area contributed by atoms with Crippen molar-refractivity contribution in [3.63, 3.8) is 0 Å². The molecule has 2 rings (SSSR count). The fourth-order valence-electron chi connectivity index (χ4n) is 1.80. The number of hydrogen-bond donors (Lipinski definition) is 0. The van der Waals surface area contributed by atoms with E-state index < -0.39 is 27.1 Å². The second-order valence-electron chi connectivity index (χ2n) is 4.46. The quantitative estimate of drug-likeness (QED) is 0.660. The van der Waals surface area contributed by atoms with E-state index in [1.165, 1.54) is 0 Å². The minimum absolute atomic E-state index is 0.910. The van der Waals surface area contributed by atoms with Crippen LogP contribution in [-0.4, -0.2) is 27.1 Å². The molecule has 0 bridgehead atoms. The van der Waals surface area contributed by atoms with Gasteiger partial charge in [-0.2, -0.15) is 0 Å². The lowest BCUT2D eigenvalue weighted by Crippen LogP contribution is -2.63. The third-order valence-corrected chi connectivity index (χ3v) is 15.9. The molecular formula is C9H14Br2O3Si3. The Labute approximate surface area is 123 Å². The molecule has 8 heteroatoms. The van der Waals surface area contributed by atoms with Crippen LogP contribution in [0.3, 0.4) is 0 Å². The fraction of sp³-hybridized carbons (Fsp3) is 0.333. The summed E-state index contributed by atoms with van der Waals surface area (Å²) in [5.41, 5.74) is 0. The molecule has 0 N–H and O–H groups in total. The topological polar surface area (TPSA) is 27.7 Å². The van der Waals surface area contributed by atoms with Crippen LogP contribution in [0.2, 0.25) is 19.6 Å². The first kappa shape index (κ1) is 14.1. The Morgan fingerprint density at radius 2 is 1.82 bits per heavy atom. The van der Waals surface area contributed by atoms with Crippen molar-refractivity contribution in [2.45, 2.75) is 19.6 Å². The van der Waals surface area contributed by atoms with Gasteiger partial charge in [0, 0.05) is 14.1 Å². The maximum absolute atomic E-state index is 6.20. The highest BCUT2D eigenvalue weighted by atomic mass is 79.9. The van der Waals surface area contributed by atoms with Crippen LogP contribution in [0, 0.1) is 0 Å². The van der Waals surface area contributed by atoms with E-state index in [2.05, 4.69) is 57.6 Å². The van der Waals surface area contributed by atoms with Gasteiger partial charge in [-0.1, -0.05) is 12.1 Å². The van der Waals surface area contributed by atoms with Crippen molar-refractivity contribution in [3.05, 3.63) is 27.1 Å². The van der Waals surface area contributed by atoms with Crippen molar-refractivity contribution >= 4 is 64.2 Å². The lowest BCUT2D eigenvalue weighted by molar-refractivity contribution is 0.276. The van der Waals surface area contributed by atoms with Crippen LogP contribution in [0.25, 0.3) is 0 Å². The molecular weight excluding hydrogens is 400 g/mol. The van der Waals surface area contributed by atoms with Gasteiger partial charge in [-0.05, 0) is 57.6 Å². The fourth-order valence-corrected chi connectivity index (χ4v) is 13.8. The average molecular weight is 414 g/mol. The highest BCUT2D eigenvalue weighted by Crippen LogP contribution is 2.27. The first-order chi connectivity index (χ1) is 7.84. The Morgan fingerprint density at radius 1 is 1.12 bits per heavy atom. The molecule has 0 aromatic heterocycles. The van der Waals surface area contributed by atoms with Gasteiger partial charge in [0.15, 0.2) is 0 Å². The molecule has 1 atom stereocenters. The summed E-state index contributed by atoms with van der Waals surface area (Å²) in [4.78, 5) is 0. The highest BCUT2D eigenvalue weighted by Gasteiger charge is 2.46. The van der Waals surface area contributed by atoms with Crippen molar-refractivity contribution in [1.29, 1.82) is 0 Å². The van der Waals surface area contributed by atoms with Gasteiger partial charge in [-0.3, -0.25) is 0 Å². The van der Waals surface area contributed by atoms with Gasteiger partial charge in [-0.15, -0.1) is 0 Å². The van der Waals surface area contributed by atoms with Crippen molar-refractivity contribution in [3.8, 4) is 0 Å². The summed E-state index contributed by atoms with van der Waals surface area (Å²) < 4.78 is 19.9. The molecule has 1 aliphatic rings. The number of hydrogen-bond acceptors (Lipinski definition) is 3. The van der Waals surface area contributed by atoms with Crippen molar-refractivity contribution in [2.75, 3.05) is 0 Å². The van der Waals surface area contributed by atoms with Gasteiger partial charge in [0.25, 0.3) is 10.0 Å². The molecule has 0 amide bonds. The molecule has 17 heavy (non-hydrogen) atoms. The van der Waals surface area contributed by atoms with E-state index >= 15 is 0 Å². The molecule has 1 fully saturated rings. The zero-order chi connectivity index (χ0) is 12.7. The summed E-state index contributed by atoms with van der Waals surface area (Å²) >= 11 is 7.13. The molecule has 0 saturated carbocycles. The van der Waals surface area contributed by atoms with Gasteiger partial charge in [0.1, 0.15) is 0 Å². The maximum atomic E-state index is 6.20. The Morgan fingerprint density at radius 3 is 2.47 bits per heavy atom. The molecule has 3 nitrogen and oxygen atoms in total. The molecule has 1 unspecified atom stereocenters. The lowest BCUT2D eigenvalue weighted by Gasteiger charge is -2.41. The van der Waals surface area contributed by atoms with Gasteiger partial charge >= 0.3 is 17.1 Å². The van der Waals surface area contributed by atoms with E-state index in [9.17, 15) is 0 Å². The van der Waals surface area contributed by atoms with E-state index in [0.717, 1.165) is 14.1 Å². The van der Waals surface area contributed by atoms with Crippen LogP contribution >= 0.6 is 31.9 Å². The van der Waals surface area contributed by atoms with E-state index in [1.54, 1.807) is 0 Å². The Kier molecular flexibility index (Phi) is 4.16. The van der Waals surface area contributed by atoms with Crippen molar-refractivity contribution in [1.82, 2.24) is 0 Å². The van der Waals surface area contributed by atoms with Gasteiger partial charge in [0.05, 0.1) is 0 Å². The second kappa shape index (κ2) is 5.00. The van der Waals surface area contributed by atoms with Crippen LogP contribution in [0.15, 0.2) is 27.1 Å². The third-order valence-electron chi connectivity index (χ3n) is 2.62. The number of benzene rings is 1. The molecule has 1 aromatic carbocycles. The van der Waals surface area contributed by atoms with Crippen LogP contribution < -0.4 is 5.19 Å². The van der Waals surface area contributed by atoms with Crippen LogP contribution in [0.1, 0.15) is 0 Å². The smallest absolute Gasteiger partial charge is 0.352 e. The van der Waals surface area contributed by atoms with E-state index in [-0.39, 0.29) is 0 Å². The summed E-state index contributed by atoms with van der Waals surface area (Å²) in [5.74, 6) is 0. The normalized spacial score (nSPS) is 29.5. The third kappa shape index (κ3) is 3.00. The van der Waals surface area contributed by atoms with Crippen LogP contribution in [0.5, 0.6) is 0 Å². The summed E-state index contributed by atoms with van der Waals surface area (Å²) in [6.45, 7) is 6.27. The first-order valence-electron chi connectivity index (χ1n) is 5.27. The molecule has 94 valence electrons. The summed E-state index contributed by atoms with van der Waals surface area (Å²) in [6.07, 6.45) is 0. The SMILES string of the molecule is C[Si]1(C)O[SiH2]O[Si](C)(c2cccc(Br)c2Br)O1. The number of rotatable bonds is 1. The molecule has 0 radical (unpaired) electrons. The van der Waals surface area contributed by atoms with E-state index in [1.807, 2.05) is 12.1 Å². The monoisotopic (exact) mass is 412 g/mol. The Hall–Kier alpha value is 0.711. The van der Waals surface area contributed by atoms with Crippen LogP contribution in [-0.2, 0) is 12.3 Å². The largest absolute Gasteiger partial charge is 0.420 e. The summed E-state index contributed by atoms with van der Waals surface area (Å²) in [7, 11) is -5.20. The van der Waals surface area contributed by atoms with E-state index in [0.29, 0.717) is 0 Å². The lowest BCUT2D eigenvalue weighted by atomic mass is 10.4. The minimum Gasteiger partial charge on any atom is -0.420 e. The van der Waals surface area contributed by atoms with Gasteiger partial charge in [0.2, 0.25) is 0 Å². The zero-order valence-corrected chi connectivity index (χ0v) is 16.5. The molecule has 1 heterocycles. The van der Waals surface area contributed by atoms with Gasteiger partial charge in [-0.25, -0.2) is 0 Å². The molecule has 0 spiro atoms. The van der Waals surface area contributed by atoms with Crippen molar-refractivity contribution in [2.24, 2.45) is 0 Å². The predicted molar refractivity (Wildman–Crippen MR) is 82.4 cm³/mol. The van der Waals surface area contributed by atoms with Gasteiger partial charge < -0.3 is 12.3 Å². The highest BCUT2D eigenvalue weighted by molar-refractivity contribution is 9.13. The first-order valence-corrected chi connectivity index (χ1v) is 13.1.